The summed E-state index contributed by atoms with van der Waals surface area (Å²) in [5, 5.41) is 9.61. The number of nitrogens with one attached hydrogen (secondary N) is 2. The van der Waals surface area contributed by atoms with Crippen LogP contribution in [0.3, 0.4) is 0 Å². The third kappa shape index (κ3) is 14.4. The molecular formula is C33H40Cl3N7O11S3. The number of carbonyl (C=O) groups excluding carboxylic acids is 2. The number of fused-ring (bicyclic) bond motifs is 1. The van der Waals surface area contributed by atoms with Crippen LogP contribution in [-0.2, 0) is 41.7 Å². The van der Waals surface area contributed by atoms with E-state index >= 15 is 0 Å². The lowest BCUT2D eigenvalue weighted by atomic mass is 10.1. The number of hydrogen-bond donors (Lipinski definition) is 5. The Bertz CT molecular complexity index is 2390. The molecule has 5 rings (SSSR count). The van der Waals surface area contributed by atoms with Crippen LogP contribution in [-0.4, -0.2) is 104 Å². The predicted octanol–water partition coefficient (Wildman–Crippen LogP) is 3.57. The number of aromatic nitrogens is 2. The van der Waals surface area contributed by atoms with E-state index in [4.69, 9.17) is 54.5 Å². The molecule has 18 nitrogen and oxygen atoms in total. The Morgan fingerprint density at radius 1 is 0.982 bits per heavy atom. The fourth-order valence-corrected chi connectivity index (χ4v) is 7.94. The van der Waals surface area contributed by atoms with E-state index in [0.717, 1.165) is 5.56 Å². The minimum absolute atomic E-state index is 0.0917. The molecular weight excluding hydrogens is 873 g/mol. The zero-order chi connectivity index (χ0) is 42.7. The molecule has 0 unspecified atom stereocenters. The topological polar surface area (TPSA) is 269 Å². The van der Waals surface area contributed by atoms with Crippen LogP contribution >= 0.6 is 34.8 Å². The summed E-state index contributed by atoms with van der Waals surface area (Å²) in [6.07, 6.45) is 5.95. The number of imidazole rings is 1. The van der Waals surface area contributed by atoms with Crippen molar-refractivity contribution in [2.24, 2.45) is 10.9 Å². The number of halogens is 3. The molecule has 3 heterocycles. The molecule has 312 valence electrons. The van der Waals surface area contributed by atoms with E-state index in [1.54, 1.807) is 53.9 Å². The Morgan fingerprint density at radius 2 is 1.60 bits per heavy atom. The summed E-state index contributed by atoms with van der Waals surface area (Å²) in [7, 11) is -11.5. The molecule has 2 aromatic heterocycles. The first-order valence-electron chi connectivity index (χ1n) is 16.5. The lowest BCUT2D eigenvalue weighted by Gasteiger charge is -2.24. The number of hydrazone groups is 1. The number of nitrogens with zero attached hydrogens (tertiary/aromatic N) is 4. The molecule has 6 N–H and O–H groups in total. The molecule has 0 radical (unpaired) electrons. The smallest absolute Gasteiger partial charge is 0.261 e. The molecule has 2 amide bonds. The largest absolute Gasteiger partial charge is 0.485 e. The van der Waals surface area contributed by atoms with E-state index in [1.165, 1.54) is 22.7 Å². The molecule has 24 heteroatoms. The van der Waals surface area contributed by atoms with Crippen LogP contribution < -0.4 is 21.2 Å². The summed E-state index contributed by atoms with van der Waals surface area (Å²) >= 11 is 19.4. The van der Waals surface area contributed by atoms with Crippen LogP contribution in [0.4, 0.5) is 0 Å². The summed E-state index contributed by atoms with van der Waals surface area (Å²) < 4.78 is 88.3. The zero-order valence-electron chi connectivity index (χ0n) is 30.6. The highest BCUT2D eigenvalue weighted by molar-refractivity contribution is 7.89. The van der Waals surface area contributed by atoms with Gasteiger partial charge in [-0.3, -0.25) is 23.1 Å². The van der Waals surface area contributed by atoms with Crippen molar-refractivity contribution in [3.05, 3.63) is 92.3 Å². The molecule has 4 aromatic rings. The molecule has 2 aromatic carbocycles. The summed E-state index contributed by atoms with van der Waals surface area (Å²) in [6, 6.07) is 12.1. The number of aryl methyl sites for hydroxylation is 1. The second-order valence-corrected chi connectivity index (χ2v) is 18.2. The minimum Gasteiger partial charge on any atom is -0.485 e. The van der Waals surface area contributed by atoms with Gasteiger partial charge in [-0.1, -0.05) is 46.9 Å². The van der Waals surface area contributed by atoms with E-state index in [9.17, 15) is 34.8 Å². The molecule has 1 atom stereocenters. The summed E-state index contributed by atoms with van der Waals surface area (Å²) in [4.78, 5) is 29.8. The fraction of sp³-hybridized carbons (Fsp3) is 0.333. The van der Waals surface area contributed by atoms with E-state index in [1.807, 2.05) is 0 Å². The van der Waals surface area contributed by atoms with Gasteiger partial charge in [0.1, 0.15) is 22.7 Å². The van der Waals surface area contributed by atoms with Crippen molar-refractivity contribution in [3.63, 3.8) is 0 Å². The lowest BCUT2D eigenvalue weighted by molar-refractivity contribution is -0.124. The number of carbonyl (C=O) groups is 2. The van der Waals surface area contributed by atoms with Crippen molar-refractivity contribution < 1.29 is 48.7 Å². The van der Waals surface area contributed by atoms with Crippen LogP contribution in [0.15, 0.2) is 64.7 Å². The summed E-state index contributed by atoms with van der Waals surface area (Å²) in [5.41, 5.74) is 2.63. The van der Waals surface area contributed by atoms with Gasteiger partial charge in [-0.15, -0.1) is 0 Å². The first-order chi connectivity index (χ1) is 26.5. The molecule has 0 aliphatic carbocycles. The second kappa shape index (κ2) is 20.6. The number of rotatable bonds is 12. The summed E-state index contributed by atoms with van der Waals surface area (Å²) in [5.74, 6) is 4.86. The van der Waals surface area contributed by atoms with Crippen LogP contribution in [0.2, 0.25) is 15.2 Å². The Balaban J connectivity index is 0.000000775. The van der Waals surface area contributed by atoms with Crippen molar-refractivity contribution in [1.29, 1.82) is 0 Å². The Morgan fingerprint density at radius 3 is 2.21 bits per heavy atom. The van der Waals surface area contributed by atoms with Gasteiger partial charge in [-0.05, 0) is 68.1 Å². The van der Waals surface area contributed by atoms with E-state index in [0.29, 0.717) is 66.1 Å². The highest BCUT2D eigenvalue weighted by Gasteiger charge is 2.40. The first-order valence-corrected chi connectivity index (χ1v) is 22.8. The van der Waals surface area contributed by atoms with Gasteiger partial charge in [0.25, 0.3) is 26.1 Å². The monoisotopic (exact) mass is 911 g/mol. The normalized spacial score (nSPS) is 14.7. The quantitative estimate of drug-likeness (QED) is 0.0448. The maximum atomic E-state index is 13.9. The van der Waals surface area contributed by atoms with Crippen LogP contribution in [0, 0.1) is 6.92 Å². The number of nitrogens with two attached hydrogens (primary N) is 1. The van der Waals surface area contributed by atoms with E-state index < -0.39 is 42.2 Å². The van der Waals surface area contributed by atoms with Crippen LogP contribution in [0.25, 0.3) is 5.65 Å². The molecule has 1 aliphatic heterocycles. The molecule has 1 fully saturated rings. The van der Waals surface area contributed by atoms with E-state index in [2.05, 4.69) is 20.7 Å². The average molecular weight is 913 g/mol. The SMILES string of the molecule is CS(=O)(=O)O.CS(=O)(=O)O.Cc1nc2c(OCc3c(Cl)ccc(S(=O)(=O)N4CCC[C@H]4C(=O)NCCCNC(=O)c4ccc(C=NN)cc4)c3Cl)cccn2c1Cl. The predicted molar refractivity (Wildman–Crippen MR) is 216 cm³/mol. The number of amides is 2. The maximum absolute atomic E-state index is 13.9. The average Bonchev–Trinajstić information content (AvgIpc) is 3.72. The molecule has 0 bridgehead atoms. The van der Waals surface area contributed by atoms with Gasteiger partial charge < -0.3 is 21.2 Å². The molecule has 1 aliphatic rings. The molecule has 0 saturated carbocycles. The lowest BCUT2D eigenvalue weighted by Crippen LogP contribution is -2.46. The van der Waals surface area contributed by atoms with Crippen molar-refractivity contribution in [2.45, 2.75) is 43.7 Å². The van der Waals surface area contributed by atoms with Gasteiger partial charge in [0.15, 0.2) is 11.4 Å². The Hall–Kier alpha value is -4.06. The van der Waals surface area contributed by atoms with Crippen LogP contribution in [0.1, 0.15) is 46.4 Å². The Labute approximate surface area is 344 Å². The van der Waals surface area contributed by atoms with Crippen molar-refractivity contribution >= 4 is 88.7 Å². The van der Waals surface area contributed by atoms with Gasteiger partial charge in [0.2, 0.25) is 15.9 Å². The van der Waals surface area contributed by atoms with E-state index in [-0.39, 0.29) is 46.1 Å². The molecule has 1 saturated heterocycles. The third-order valence-corrected chi connectivity index (χ3v) is 11.0. The van der Waals surface area contributed by atoms with Crippen molar-refractivity contribution in [1.82, 2.24) is 24.3 Å². The molecule has 57 heavy (non-hydrogen) atoms. The number of sulfonamides is 1. The van der Waals surface area contributed by atoms with Gasteiger partial charge in [-0.2, -0.15) is 26.2 Å². The highest BCUT2D eigenvalue weighted by atomic mass is 35.5. The molecule has 0 spiro atoms. The van der Waals surface area contributed by atoms with Gasteiger partial charge in [-0.25, -0.2) is 13.4 Å². The van der Waals surface area contributed by atoms with Crippen molar-refractivity contribution in [2.75, 3.05) is 32.1 Å². The highest BCUT2D eigenvalue weighted by Crippen LogP contribution is 2.36. The number of benzene rings is 2. The van der Waals surface area contributed by atoms with Gasteiger partial charge >= 0.3 is 0 Å². The van der Waals surface area contributed by atoms with Crippen molar-refractivity contribution in [3.8, 4) is 5.75 Å². The fourth-order valence-electron chi connectivity index (χ4n) is 5.24. The number of pyridine rings is 1. The second-order valence-electron chi connectivity index (χ2n) is 12.2. The van der Waals surface area contributed by atoms with Gasteiger partial charge in [0.05, 0.1) is 29.4 Å². The Kier molecular flexibility index (Phi) is 17.1. The summed E-state index contributed by atoms with van der Waals surface area (Å²) in [6.45, 7) is 2.34. The minimum atomic E-state index is -4.19. The third-order valence-electron chi connectivity index (χ3n) is 7.67. The van der Waals surface area contributed by atoms with Crippen LogP contribution in [0.5, 0.6) is 5.75 Å². The first kappa shape index (κ1) is 47.3. The van der Waals surface area contributed by atoms with Gasteiger partial charge in [0, 0.05) is 42.0 Å². The standard InChI is InChI=1S/C31H32Cl3N7O5S.2CH4O3S/c1-19-28(34)40-15-3-6-25(29(40)39-19)46-18-22-23(32)11-12-26(27(22)33)47(44,45)41-16-2-5-24(41)31(43)37-14-4-13-36-30(42)21-9-7-20(8-10-21)17-38-35;2*1-5(2,3)4/h3,6-12,15,17,24H,2,4-5,13-14,16,18,35H2,1H3,(H,36,42)(H,37,43);2*1H3,(H,2,3,4)/t24-;;/m0../s1. The number of ether oxygens (including phenoxy) is 1. The maximum Gasteiger partial charge on any atom is 0.261 e. The number of hydrogen-bond acceptors (Lipinski definition) is 12. The zero-order valence-corrected chi connectivity index (χ0v) is 35.3.